The molecule has 1 aromatic heterocycles. The van der Waals surface area contributed by atoms with E-state index >= 15 is 0 Å². The zero-order chi connectivity index (χ0) is 21.9. The lowest BCUT2D eigenvalue weighted by atomic mass is 10.0. The van der Waals surface area contributed by atoms with E-state index in [1.165, 1.54) is 6.07 Å². The van der Waals surface area contributed by atoms with Crippen LogP contribution in [0.2, 0.25) is 5.02 Å². The first-order valence-electron chi connectivity index (χ1n) is 11.1. The van der Waals surface area contributed by atoms with Crippen molar-refractivity contribution in [2.24, 2.45) is 0 Å². The lowest BCUT2D eigenvalue weighted by Crippen LogP contribution is -2.48. The third-order valence-electron chi connectivity index (χ3n) is 6.26. The molecule has 5 rings (SSSR count). The van der Waals surface area contributed by atoms with Crippen molar-refractivity contribution < 1.29 is 9.13 Å². The van der Waals surface area contributed by atoms with Gasteiger partial charge in [0.25, 0.3) is 0 Å². The summed E-state index contributed by atoms with van der Waals surface area (Å²) in [6.07, 6.45) is 2.23. The quantitative estimate of drug-likeness (QED) is 0.565. The monoisotopic (exact) mass is 456 g/mol. The van der Waals surface area contributed by atoms with Crippen LogP contribution in [0.25, 0.3) is 0 Å². The Morgan fingerprint density at radius 3 is 2.56 bits per heavy atom. The Labute approximate surface area is 191 Å². The van der Waals surface area contributed by atoms with Crippen LogP contribution in [-0.4, -0.2) is 64.0 Å². The summed E-state index contributed by atoms with van der Waals surface area (Å²) in [4.78, 5) is 4.46. The molecule has 0 radical (unpaired) electrons. The molecule has 7 nitrogen and oxygen atoms in total. The van der Waals surface area contributed by atoms with Crippen molar-refractivity contribution in [1.82, 2.24) is 25.1 Å². The highest BCUT2D eigenvalue weighted by atomic mass is 35.5. The molecule has 3 heterocycles. The fourth-order valence-electron chi connectivity index (χ4n) is 4.62. The number of halogens is 2. The first-order valence-corrected chi connectivity index (χ1v) is 11.4. The number of tetrazole rings is 1. The summed E-state index contributed by atoms with van der Waals surface area (Å²) < 4.78 is 22.0. The van der Waals surface area contributed by atoms with E-state index in [0.29, 0.717) is 17.3 Å². The molecule has 2 saturated heterocycles. The van der Waals surface area contributed by atoms with Crippen LogP contribution in [-0.2, 0) is 11.3 Å². The smallest absolute Gasteiger partial charge is 0.173 e. The van der Waals surface area contributed by atoms with Gasteiger partial charge >= 0.3 is 0 Å². The normalized spacial score (nSPS) is 20.6. The van der Waals surface area contributed by atoms with E-state index in [1.807, 2.05) is 41.1 Å². The summed E-state index contributed by atoms with van der Waals surface area (Å²) in [5, 5.41) is 13.4. The Hall–Kier alpha value is -2.55. The maximum Gasteiger partial charge on any atom is 0.173 e. The highest BCUT2D eigenvalue weighted by Gasteiger charge is 2.32. The second-order valence-corrected chi connectivity index (χ2v) is 8.72. The largest absolute Gasteiger partial charge is 0.376 e. The van der Waals surface area contributed by atoms with Crippen molar-refractivity contribution in [2.75, 3.05) is 37.7 Å². The molecule has 2 unspecified atom stereocenters. The number of anilines is 1. The minimum Gasteiger partial charge on any atom is -0.376 e. The first kappa shape index (κ1) is 21.3. The molecule has 9 heteroatoms. The number of piperazine rings is 1. The van der Waals surface area contributed by atoms with E-state index in [-0.39, 0.29) is 18.0 Å². The number of hydrogen-bond acceptors (Lipinski definition) is 6. The SMILES string of the molecule is Fc1ccccc1N1CCN(C(c2ccc(Cl)cc2)c2nnnn2CC2CCCO2)CC1. The fraction of sp³-hybridized carbons (Fsp3) is 0.435. The molecule has 3 aromatic rings. The Morgan fingerprint density at radius 1 is 1.06 bits per heavy atom. The van der Waals surface area contributed by atoms with Crippen LogP contribution in [0.4, 0.5) is 10.1 Å². The molecule has 2 atom stereocenters. The van der Waals surface area contributed by atoms with Gasteiger partial charge < -0.3 is 9.64 Å². The Balaban J connectivity index is 1.40. The van der Waals surface area contributed by atoms with Gasteiger partial charge in [0.05, 0.1) is 24.4 Å². The van der Waals surface area contributed by atoms with E-state index < -0.39 is 0 Å². The number of nitrogens with zero attached hydrogens (tertiary/aromatic N) is 6. The fourth-order valence-corrected chi connectivity index (χ4v) is 4.74. The van der Waals surface area contributed by atoms with Gasteiger partial charge in [-0.15, -0.1) is 5.10 Å². The third kappa shape index (κ3) is 4.48. The minimum absolute atomic E-state index is 0.119. The van der Waals surface area contributed by atoms with Gasteiger partial charge in [-0.3, -0.25) is 4.90 Å². The predicted octanol–water partition coefficient (Wildman–Crippen LogP) is 3.56. The number of aromatic nitrogens is 4. The summed E-state index contributed by atoms with van der Waals surface area (Å²) in [5.41, 5.74) is 1.73. The van der Waals surface area contributed by atoms with Crippen molar-refractivity contribution in [3.63, 3.8) is 0 Å². The molecule has 0 amide bonds. The number of ether oxygens (including phenoxy) is 1. The molecular weight excluding hydrogens is 431 g/mol. The van der Waals surface area contributed by atoms with Gasteiger partial charge in [0.15, 0.2) is 5.82 Å². The van der Waals surface area contributed by atoms with Crippen LogP contribution >= 0.6 is 11.6 Å². The van der Waals surface area contributed by atoms with Gasteiger partial charge in [-0.2, -0.15) is 0 Å². The average molecular weight is 457 g/mol. The second kappa shape index (κ2) is 9.52. The van der Waals surface area contributed by atoms with Crippen LogP contribution in [0.3, 0.4) is 0 Å². The van der Waals surface area contributed by atoms with E-state index in [0.717, 1.165) is 57.0 Å². The van der Waals surface area contributed by atoms with Crippen molar-refractivity contribution in [1.29, 1.82) is 0 Å². The van der Waals surface area contributed by atoms with Gasteiger partial charge in [0.1, 0.15) is 5.82 Å². The summed E-state index contributed by atoms with van der Waals surface area (Å²) in [6.45, 7) is 4.39. The van der Waals surface area contributed by atoms with Crippen LogP contribution in [0.15, 0.2) is 48.5 Å². The highest BCUT2D eigenvalue weighted by molar-refractivity contribution is 6.30. The molecular formula is C23H26ClFN6O. The molecule has 0 saturated carbocycles. The van der Waals surface area contributed by atoms with Crippen molar-refractivity contribution in [3.8, 4) is 0 Å². The van der Waals surface area contributed by atoms with E-state index in [1.54, 1.807) is 6.07 Å². The van der Waals surface area contributed by atoms with Crippen LogP contribution in [0.5, 0.6) is 0 Å². The molecule has 0 aliphatic carbocycles. The number of benzene rings is 2. The maximum absolute atomic E-state index is 14.3. The molecule has 2 aromatic carbocycles. The topological polar surface area (TPSA) is 59.3 Å². The maximum atomic E-state index is 14.3. The summed E-state index contributed by atoms with van der Waals surface area (Å²) in [6, 6.07) is 14.7. The molecule has 0 N–H and O–H groups in total. The Bertz CT molecular complexity index is 1030. The summed E-state index contributed by atoms with van der Waals surface area (Å²) in [5.74, 6) is 0.609. The molecule has 0 spiro atoms. The molecule has 0 bridgehead atoms. The van der Waals surface area contributed by atoms with Crippen molar-refractivity contribution in [2.45, 2.75) is 31.5 Å². The summed E-state index contributed by atoms with van der Waals surface area (Å²) in [7, 11) is 0. The van der Waals surface area contributed by atoms with Crippen LogP contribution in [0, 0.1) is 5.82 Å². The standard InChI is InChI=1S/C23H26ClFN6O/c24-18-9-7-17(8-10-18)22(23-26-27-28-31(23)16-19-4-3-15-32-19)30-13-11-29(12-14-30)21-6-2-1-5-20(21)25/h1-2,5-10,19,22H,3-4,11-16H2. The predicted molar refractivity (Wildman–Crippen MR) is 120 cm³/mol. The van der Waals surface area contributed by atoms with Crippen molar-refractivity contribution >= 4 is 17.3 Å². The molecule has 2 aliphatic rings. The van der Waals surface area contributed by atoms with Crippen molar-refractivity contribution in [3.05, 3.63) is 70.8 Å². The van der Waals surface area contributed by atoms with E-state index in [4.69, 9.17) is 16.3 Å². The van der Waals surface area contributed by atoms with Gasteiger partial charge in [0, 0.05) is 37.8 Å². The van der Waals surface area contributed by atoms with Gasteiger partial charge in [-0.25, -0.2) is 9.07 Å². The number of para-hydroxylation sites is 1. The third-order valence-corrected chi connectivity index (χ3v) is 6.52. The van der Waals surface area contributed by atoms with Gasteiger partial charge in [-0.1, -0.05) is 35.9 Å². The van der Waals surface area contributed by atoms with Gasteiger partial charge in [-0.05, 0) is 53.1 Å². The number of hydrogen-bond donors (Lipinski definition) is 0. The Kier molecular flexibility index (Phi) is 6.34. The zero-order valence-corrected chi connectivity index (χ0v) is 18.5. The van der Waals surface area contributed by atoms with Crippen LogP contribution < -0.4 is 4.90 Å². The summed E-state index contributed by atoms with van der Waals surface area (Å²) >= 11 is 6.16. The van der Waals surface area contributed by atoms with E-state index in [9.17, 15) is 4.39 Å². The highest BCUT2D eigenvalue weighted by Crippen LogP contribution is 2.31. The Morgan fingerprint density at radius 2 is 1.84 bits per heavy atom. The average Bonchev–Trinajstić information content (AvgIpc) is 3.49. The number of rotatable bonds is 6. The van der Waals surface area contributed by atoms with Crippen LogP contribution in [0.1, 0.15) is 30.3 Å². The molecule has 2 fully saturated rings. The molecule has 168 valence electrons. The lowest BCUT2D eigenvalue weighted by Gasteiger charge is -2.40. The lowest BCUT2D eigenvalue weighted by molar-refractivity contribution is 0.0906. The molecule has 32 heavy (non-hydrogen) atoms. The first-order chi connectivity index (χ1) is 15.7. The molecule has 2 aliphatic heterocycles. The van der Waals surface area contributed by atoms with Gasteiger partial charge in [0.2, 0.25) is 0 Å². The minimum atomic E-state index is -0.185. The van der Waals surface area contributed by atoms with E-state index in [2.05, 4.69) is 25.3 Å². The zero-order valence-electron chi connectivity index (χ0n) is 17.8. The second-order valence-electron chi connectivity index (χ2n) is 8.28.